The van der Waals surface area contributed by atoms with Crippen LogP contribution in [0.25, 0.3) is 0 Å². The lowest BCUT2D eigenvalue weighted by atomic mass is 9.47. The number of nitrogens with two attached hydrogens (primary N) is 1. The quantitative estimate of drug-likeness (QED) is 0.709. The first-order chi connectivity index (χ1) is 7.81. The summed E-state index contributed by atoms with van der Waals surface area (Å²) in [5, 5.41) is 0. The monoisotopic (exact) mass is 217 g/mol. The fraction of sp³-hybridized carbons (Fsp3) is 0.500. The lowest BCUT2D eigenvalue weighted by molar-refractivity contribution is 0.173. The number of hydrogen-bond acceptors (Lipinski definition) is 3. The molecule has 3 rings (SSSR count). The van der Waals surface area contributed by atoms with Gasteiger partial charge in [0.15, 0.2) is 18.2 Å². The van der Waals surface area contributed by atoms with Crippen molar-refractivity contribution in [2.24, 2.45) is 5.73 Å². The highest BCUT2D eigenvalue weighted by molar-refractivity contribution is 6.75. The third kappa shape index (κ3) is 1.33. The summed E-state index contributed by atoms with van der Waals surface area (Å²) in [7, 11) is 0. The van der Waals surface area contributed by atoms with E-state index in [2.05, 4.69) is 12.9 Å². The average molecular weight is 217 g/mol. The van der Waals surface area contributed by atoms with E-state index < -0.39 is 0 Å². The zero-order chi connectivity index (χ0) is 11.1. The zero-order valence-corrected chi connectivity index (χ0v) is 9.53. The van der Waals surface area contributed by atoms with Crippen molar-refractivity contribution in [1.29, 1.82) is 0 Å². The Kier molecular flexibility index (Phi) is 2.32. The van der Waals surface area contributed by atoms with Gasteiger partial charge in [-0.1, -0.05) is 19.2 Å². The lowest BCUT2D eigenvalue weighted by Crippen LogP contribution is -2.29. The van der Waals surface area contributed by atoms with Crippen molar-refractivity contribution >= 4 is 12.2 Å². The van der Waals surface area contributed by atoms with Crippen molar-refractivity contribution in [2.45, 2.75) is 19.1 Å². The van der Waals surface area contributed by atoms with E-state index in [1.165, 1.54) is 11.0 Å². The molecule has 1 aromatic rings. The summed E-state index contributed by atoms with van der Waals surface area (Å²) in [6, 6.07) is 4.18. The molecule has 2 aliphatic rings. The van der Waals surface area contributed by atoms with E-state index in [0.29, 0.717) is 25.8 Å². The topological polar surface area (TPSA) is 44.5 Å². The van der Waals surface area contributed by atoms with Crippen LogP contribution in [0, 0.1) is 0 Å². The molecule has 0 bridgehead atoms. The Bertz CT molecular complexity index is 422. The molecule has 4 heteroatoms. The summed E-state index contributed by atoms with van der Waals surface area (Å²) in [5.41, 5.74) is 8.50. The summed E-state index contributed by atoms with van der Waals surface area (Å²) < 4.78 is 11.4. The maximum Gasteiger partial charge on any atom is 0.178 e. The van der Waals surface area contributed by atoms with E-state index in [1.807, 2.05) is 6.07 Å². The molecule has 2 heterocycles. The Balaban J connectivity index is 2.13. The number of rotatable bonds is 1. The van der Waals surface area contributed by atoms with Gasteiger partial charge in [-0.3, -0.25) is 0 Å². The molecular formula is C12H16BNO2. The van der Waals surface area contributed by atoms with Crippen LogP contribution in [0.3, 0.4) is 0 Å². The van der Waals surface area contributed by atoms with Gasteiger partial charge in [0.1, 0.15) is 13.2 Å². The standard InChI is InChI=1S/C12H16BNO2/c1-13-6-8(7-14)9-2-3-10-12(11(9)13)16-5-4-15-10/h2-3,8H,4-7,14H2,1H3. The van der Waals surface area contributed by atoms with Crippen molar-refractivity contribution in [1.82, 2.24) is 0 Å². The Morgan fingerprint density at radius 1 is 1.38 bits per heavy atom. The third-order valence-electron chi connectivity index (χ3n) is 3.64. The Hall–Kier alpha value is -1.16. The molecule has 0 amide bonds. The van der Waals surface area contributed by atoms with E-state index in [4.69, 9.17) is 15.2 Å². The maximum atomic E-state index is 5.81. The van der Waals surface area contributed by atoms with Gasteiger partial charge in [0.25, 0.3) is 0 Å². The van der Waals surface area contributed by atoms with Gasteiger partial charge in [0.2, 0.25) is 0 Å². The van der Waals surface area contributed by atoms with Crippen LogP contribution in [-0.2, 0) is 0 Å². The minimum atomic E-state index is 0.487. The largest absolute Gasteiger partial charge is 0.487 e. The van der Waals surface area contributed by atoms with Crippen molar-refractivity contribution in [3.8, 4) is 11.5 Å². The van der Waals surface area contributed by atoms with Crippen molar-refractivity contribution < 1.29 is 9.47 Å². The van der Waals surface area contributed by atoms with E-state index in [0.717, 1.165) is 24.4 Å². The lowest BCUT2D eigenvalue weighted by Gasteiger charge is -2.22. The fourth-order valence-electron chi connectivity index (χ4n) is 2.91. The van der Waals surface area contributed by atoms with Crippen LogP contribution in [-0.4, -0.2) is 26.5 Å². The average Bonchev–Trinajstić information content (AvgIpc) is 2.66. The van der Waals surface area contributed by atoms with Gasteiger partial charge in [-0.05, 0) is 29.6 Å². The van der Waals surface area contributed by atoms with E-state index in [1.54, 1.807) is 0 Å². The SMILES string of the molecule is CB1CC(CN)c2ccc3c(c21)OCCO3. The van der Waals surface area contributed by atoms with Gasteiger partial charge in [0.05, 0.1) is 0 Å². The molecule has 2 N–H and O–H groups in total. The van der Waals surface area contributed by atoms with E-state index >= 15 is 0 Å². The second-order valence-corrected chi connectivity index (χ2v) is 4.66. The molecule has 84 valence electrons. The molecule has 0 radical (unpaired) electrons. The molecule has 0 saturated carbocycles. The van der Waals surface area contributed by atoms with Crippen LogP contribution in [0.5, 0.6) is 11.5 Å². The first kappa shape index (κ1) is 10.0. The van der Waals surface area contributed by atoms with E-state index in [9.17, 15) is 0 Å². The van der Waals surface area contributed by atoms with Crippen molar-refractivity contribution in [2.75, 3.05) is 19.8 Å². The number of fused-ring (bicyclic) bond motifs is 3. The Labute approximate surface area is 96.0 Å². The number of hydrogen-bond donors (Lipinski definition) is 1. The highest BCUT2D eigenvalue weighted by Crippen LogP contribution is 2.37. The summed E-state index contributed by atoms with van der Waals surface area (Å²) in [5.74, 6) is 2.35. The highest BCUT2D eigenvalue weighted by atomic mass is 16.6. The van der Waals surface area contributed by atoms with Crippen LogP contribution in [0.4, 0.5) is 0 Å². The van der Waals surface area contributed by atoms with Crippen molar-refractivity contribution in [3.05, 3.63) is 17.7 Å². The first-order valence-corrected chi connectivity index (χ1v) is 5.93. The minimum absolute atomic E-state index is 0.487. The minimum Gasteiger partial charge on any atom is -0.487 e. The summed E-state index contributed by atoms with van der Waals surface area (Å²) in [6.45, 7) is 4.80. The van der Waals surface area contributed by atoms with Crippen LogP contribution in [0.1, 0.15) is 11.5 Å². The molecular weight excluding hydrogens is 201 g/mol. The van der Waals surface area contributed by atoms with Crippen LogP contribution in [0.15, 0.2) is 12.1 Å². The van der Waals surface area contributed by atoms with Crippen LogP contribution < -0.4 is 20.7 Å². The molecule has 2 aliphatic heterocycles. The van der Waals surface area contributed by atoms with Gasteiger partial charge in [-0.15, -0.1) is 0 Å². The second-order valence-electron chi connectivity index (χ2n) is 4.66. The molecule has 0 fully saturated rings. The van der Waals surface area contributed by atoms with Gasteiger partial charge >= 0.3 is 0 Å². The number of ether oxygens (including phenoxy) is 2. The van der Waals surface area contributed by atoms with Gasteiger partial charge in [-0.25, -0.2) is 0 Å². The zero-order valence-electron chi connectivity index (χ0n) is 9.53. The van der Waals surface area contributed by atoms with E-state index in [-0.39, 0.29) is 0 Å². The van der Waals surface area contributed by atoms with Crippen LogP contribution >= 0.6 is 0 Å². The second kappa shape index (κ2) is 3.70. The maximum absolute atomic E-state index is 5.81. The molecule has 0 aliphatic carbocycles. The normalized spacial score (nSPS) is 22.1. The molecule has 1 atom stereocenters. The molecule has 3 nitrogen and oxygen atoms in total. The Morgan fingerprint density at radius 2 is 2.19 bits per heavy atom. The molecule has 0 aromatic heterocycles. The van der Waals surface area contributed by atoms with Gasteiger partial charge < -0.3 is 15.2 Å². The summed E-state index contributed by atoms with van der Waals surface area (Å²) >= 11 is 0. The molecule has 0 spiro atoms. The molecule has 1 unspecified atom stereocenters. The molecule has 1 aromatic carbocycles. The third-order valence-corrected chi connectivity index (χ3v) is 3.64. The Morgan fingerprint density at radius 3 is 3.00 bits per heavy atom. The predicted octanol–water partition coefficient (Wildman–Crippen LogP) is 0.845. The van der Waals surface area contributed by atoms with Crippen LogP contribution in [0.2, 0.25) is 13.1 Å². The first-order valence-electron chi connectivity index (χ1n) is 5.93. The predicted molar refractivity (Wildman–Crippen MR) is 65.3 cm³/mol. The highest BCUT2D eigenvalue weighted by Gasteiger charge is 2.34. The summed E-state index contributed by atoms with van der Waals surface area (Å²) in [6.07, 6.45) is 1.13. The number of benzene rings is 1. The smallest absolute Gasteiger partial charge is 0.178 e. The molecule has 0 saturated heterocycles. The van der Waals surface area contributed by atoms with Gasteiger partial charge in [-0.2, -0.15) is 0 Å². The van der Waals surface area contributed by atoms with Crippen molar-refractivity contribution in [3.63, 3.8) is 0 Å². The molecule has 16 heavy (non-hydrogen) atoms. The van der Waals surface area contributed by atoms with Gasteiger partial charge in [0, 0.05) is 0 Å². The fourth-order valence-corrected chi connectivity index (χ4v) is 2.91. The summed E-state index contributed by atoms with van der Waals surface area (Å²) in [4.78, 5) is 0.